The quantitative estimate of drug-likeness (QED) is 0.751. The first-order valence-corrected chi connectivity index (χ1v) is 6.68. The molecule has 0 spiro atoms. The van der Waals surface area contributed by atoms with E-state index in [0.29, 0.717) is 0 Å². The van der Waals surface area contributed by atoms with E-state index in [0.717, 1.165) is 43.9 Å². The number of nitrogens with zero attached hydrogens (tertiary/aromatic N) is 2. The van der Waals surface area contributed by atoms with Crippen LogP contribution >= 0.6 is 0 Å². The van der Waals surface area contributed by atoms with Crippen molar-refractivity contribution in [3.05, 3.63) is 29.3 Å². The van der Waals surface area contributed by atoms with Gasteiger partial charge in [-0.25, -0.2) is 0 Å². The molecule has 0 aliphatic heterocycles. The van der Waals surface area contributed by atoms with Gasteiger partial charge in [0.05, 0.1) is 11.3 Å². The van der Waals surface area contributed by atoms with Gasteiger partial charge in [-0.15, -0.1) is 0 Å². The lowest BCUT2D eigenvalue weighted by Gasteiger charge is -2.18. The summed E-state index contributed by atoms with van der Waals surface area (Å²) < 4.78 is 0. The molecular formula is C15H23N3. The first-order chi connectivity index (χ1) is 8.71. The highest BCUT2D eigenvalue weighted by Gasteiger charge is 2.02. The van der Waals surface area contributed by atoms with Crippen LogP contribution in [0.5, 0.6) is 0 Å². The molecule has 1 aromatic carbocycles. The van der Waals surface area contributed by atoms with Gasteiger partial charge < -0.3 is 10.2 Å². The van der Waals surface area contributed by atoms with Gasteiger partial charge in [0.2, 0.25) is 0 Å². The second-order valence-corrected chi connectivity index (χ2v) is 4.47. The molecule has 0 bridgehead atoms. The monoisotopic (exact) mass is 245 g/mol. The Kier molecular flexibility index (Phi) is 6.24. The summed E-state index contributed by atoms with van der Waals surface area (Å²) in [5.74, 6) is 0. The standard InChI is InChI=1S/C15H23N3/c1-4-18(5-2)10-6-9-17-15-11-13(3)7-8-14(15)12-16/h7-8,11,17H,4-6,9-10H2,1-3H3. The van der Waals surface area contributed by atoms with Gasteiger partial charge in [-0.2, -0.15) is 5.26 Å². The predicted octanol–water partition coefficient (Wildman–Crippen LogP) is 3.01. The van der Waals surface area contributed by atoms with Crippen molar-refractivity contribution in [1.82, 2.24) is 4.90 Å². The molecule has 0 aromatic heterocycles. The van der Waals surface area contributed by atoms with E-state index >= 15 is 0 Å². The Labute approximate surface area is 110 Å². The third kappa shape index (κ3) is 4.38. The van der Waals surface area contributed by atoms with Gasteiger partial charge in [0.25, 0.3) is 0 Å². The molecule has 0 unspecified atom stereocenters. The van der Waals surface area contributed by atoms with Gasteiger partial charge in [-0.1, -0.05) is 19.9 Å². The Hall–Kier alpha value is -1.53. The fourth-order valence-corrected chi connectivity index (χ4v) is 1.97. The Morgan fingerprint density at radius 1 is 1.28 bits per heavy atom. The van der Waals surface area contributed by atoms with E-state index in [9.17, 15) is 0 Å². The Morgan fingerprint density at radius 2 is 2.00 bits per heavy atom. The molecule has 0 fully saturated rings. The number of hydrogen-bond acceptors (Lipinski definition) is 3. The molecule has 1 N–H and O–H groups in total. The van der Waals surface area contributed by atoms with E-state index in [-0.39, 0.29) is 0 Å². The average Bonchev–Trinajstić information content (AvgIpc) is 2.39. The van der Waals surface area contributed by atoms with Crippen molar-refractivity contribution in [1.29, 1.82) is 5.26 Å². The summed E-state index contributed by atoms with van der Waals surface area (Å²) >= 11 is 0. The van der Waals surface area contributed by atoms with Crippen LogP contribution in [0.3, 0.4) is 0 Å². The van der Waals surface area contributed by atoms with E-state index in [1.165, 1.54) is 5.56 Å². The smallest absolute Gasteiger partial charge is 0.101 e. The van der Waals surface area contributed by atoms with Gasteiger partial charge in [0.1, 0.15) is 6.07 Å². The largest absolute Gasteiger partial charge is 0.384 e. The normalized spacial score (nSPS) is 10.4. The predicted molar refractivity (Wildman–Crippen MR) is 76.8 cm³/mol. The zero-order valence-electron chi connectivity index (χ0n) is 11.7. The van der Waals surface area contributed by atoms with Crippen molar-refractivity contribution < 1.29 is 0 Å². The van der Waals surface area contributed by atoms with Crippen LogP contribution in [0.2, 0.25) is 0 Å². The van der Waals surface area contributed by atoms with Gasteiger partial charge in [-0.05, 0) is 50.7 Å². The number of nitrogens with one attached hydrogen (secondary N) is 1. The van der Waals surface area contributed by atoms with Crippen LogP contribution in [0.4, 0.5) is 5.69 Å². The zero-order chi connectivity index (χ0) is 13.4. The molecule has 0 saturated heterocycles. The number of hydrogen-bond donors (Lipinski definition) is 1. The second-order valence-electron chi connectivity index (χ2n) is 4.47. The lowest BCUT2D eigenvalue weighted by molar-refractivity contribution is 0.303. The number of anilines is 1. The van der Waals surface area contributed by atoms with Crippen LogP contribution in [0.1, 0.15) is 31.4 Å². The molecule has 0 atom stereocenters. The SMILES string of the molecule is CCN(CC)CCCNc1cc(C)ccc1C#N. The molecule has 1 aromatic rings. The van der Waals surface area contributed by atoms with Gasteiger partial charge in [0.15, 0.2) is 0 Å². The minimum Gasteiger partial charge on any atom is -0.384 e. The van der Waals surface area contributed by atoms with Crippen LogP contribution in [-0.2, 0) is 0 Å². The Morgan fingerprint density at radius 3 is 2.61 bits per heavy atom. The maximum atomic E-state index is 9.03. The van der Waals surface area contributed by atoms with E-state index in [1.807, 2.05) is 25.1 Å². The van der Waals surface area contributed by atoms with Crippen molar-refractivity contribution in [3.63, 3.8) is 0 Å². The molecule has 3 heteroatoms. The van der Waals surface area contributed by atoms with Crippen molar-refractivity contribution in [2.45, 2.75) is 27.2 Å². The van der Waals surface area contributed by atoms with Crippen molar-refractivity contribution in [2.75, 3.05) is 31.5 Å². The highest BCUT2D eigenvalue weighted by molar-refractivity contribution is 5.58. The summed E-state index contributed by atoms with van der Waals surface area (Å²) in [6, 6.07) is 8.11. The van der Waals surface area contributed by atoms with Crippen molar-refractivity contribution in [2.24, 2.45) is 0 Å². The van der Waals surface area contributed by atoms with E-state index in [1.54, 1.807) is 0 Å². The summed E-state index contributed by atoms with van der Waals surface area (Å²) in [4.78, 5) is 2.41. The van der Waals surface area contributed by atoms with Crippen LogP contribution in [0.25, 0.3) is 0 Å². The zero-order valence-corrected chi connectivity index (χ0v) is 11.7. The Bertz CT molecular complexity index is 403. The lowest BCUT2D eigenvalue weighted by Crippen LogP contribution is -2.25. The van der Waals surface area contributed by atoms with Gasteiger partial charge in [0, 0.05) is 6.54 Å². The third-order valence-electron chi connectivity index (χ3n) is 3.16. The van der Waals surface area contributed by atoms with Crippen LogP contribution in [0, 0.1) is 18.3 Å². The maximum absolute atomic E-state index is 9.03. The number of rotatable bonds is 7. The van der Waals surface area contributed by atoms with E-state index in [4.69, 9.17) is 5.26 Å². The highest BCUT2D eigenvalue weighted by Crippen LogP contribution is 2.16. The summed E-state index contributed by atoms with van der Waals surface area (Å²) in [6.45, 7) is 10.6. The van der Waals surface area contributed by atoms with Crippen molar-refractivity contribution >= 4 is 5.69 Å². The molecule has 0 aliphatic rings. The summed E-state index contributed by atoms with van der Waals surface area (Å²) in [5, 5.41) is 12.4. The molecule has 0 radical (unpaired) electrons. The van der Waals surface area contributed by atoms with Gasteiger partial charge >= 0.3 is 0 Å². The van der Waals surface area contributed by atoms with Crippen LogP contribution in [0.15, 0.2) is 18.2 Å². The fraction of sp³-hybridized carbons (Fsp3) is 0.533. The molecule has 3 nitrogen and oxygen atoms in total. The molecule has 1 rings (SSSR count). The molecule has 0 aliphatic carbocycles. The number of nitriles is 1. The van der Waals surface area contributed by atoms with Crippen LogP contribution in [-0.4, -0.2) is 31.1 Å². The lowest BCUT2D eigenvalue weighted by atomic mass is 10.1. The fourth-order valence-electron chi connectivity index (χ4n) is 1.97. The number of aryl methyl sites for hydroxylation is 1. The summed E-state index contributed by atoms with van der Waals surface area (Å²) in [5.41, 5.74) is 2.86. The van der Waals surface area contributed by atoms with Gasteiger partial charge in [-0.3, -0.25) is 0 Å². The molecular weight excluding hydrogens is 222 g/mol. The maximum Gasteiger partial charge on any atom is 0.101 e. The Balaban J connectivity index is 2.44. The minimum absolute atomic E-state index is 0.725. The summed E-state index contributed by atoms with van der Waals surface area (Å²) in [6.07, 6.45) is 1.10. The topological polar surface area (TPSA) is 39.1 Å². The molecule has 0 saturated carbocycles. The van der Waals surface area contributed by atoms with E-state index in [2.05, 4.69) is 30.1 Å². The highest BCUT2D eigenvalue weighted by atomic mass is 15.1. The summed E-state index contributed by atoms with van der Waals surface area (Å²) in [7, 11) is 0. The molecule has 0 heterocycles. The number of benzene rings is 1. The van der Waals surface area contributed by atoms with Crippen molar-refractivity contribution in [3.8, 4) is 6.07 Å². The average molecular weight is 245 g/mol. The second kappa shape index (κ2) is 7.73. The third-order valence-corrected chi connectivity index (χ3v) is 3.16. The van der Waals surface area contributed by atoms with Crippen LogP contribution < -0.4 is 5.32 Å². The first kappa shape index (κ1) is 14.5. The molecule has 18 heavy (non-hydrogen) atoms. The molecule has 98 valence electrons. The first-order valence-electron chi connectivity index (χ1n) is 6.68. The minimum atomic E-state index is 0.725. The van der Waals surface area contributed by atoms with E-state index < -0.39 is 0 Å². The molecule has 0 amide bonds.